The van der Waals surface area contributed by atoms with E-state index in [9.17, 15) is 9.59 Å². The molecular weight excluding hydrogens is 184 g/mol. The van der Waals surface area contributed by atoms with E-state index in [-0.39, 0.29) is 19.0 Å². The summed E-state index contributed by atoms with van der Waals surface area (Å²) >= 11 is 0. The lowest BCUT2D eigenvalue weighted by Crippen LogP contribution is -2.42. The monoisotopic (exact) mass is 198 g/mol. The number of hydrogen-bond donors (Lipinski definition) is 2. The maximum atomic E-state index is 11.1. The van der Waals surface area contributed by atoms with Crippen LogP contribution < -0.4 is 5.32 Å². The fourth-order valence-corrected chi connectivity index (χ4v) is 0.757. The second-order valence-corrected chi connectivity index (χ2v) is 2.91. The average molecular weight is 198 g/mol. The Morgan fingerprint density at radius 1 is 1.64 bits per heavy atom. The standard InChI is InChI=1S/C9H14N2O3/c1-4-5-10-8(12)6-11(3)7(2)9(13)14/h1,7H,5-6H2,2-3H3,(H,10,12)(H,13,14). The zero-order valence-electron chi connectivity index (χ0n) is 8.28. The minimum atomic E-state index is -0.961. The zero-order chi connectivity index (χ0) is 11.1. The van der Waals surface area contributed by atoms with Crippen molar-refractivity contribution in [2.45, 2.75) is 13.0 Å². The number of amides is 1. The minimum absolute atomic E-state index is 0.0230. The van der Waals surface area contributed by atoms with Crippen LogP contribution in [0.25, 0.3) is 0 Å². The van der Waals surface area contributed by atoms with Gasteiger partial charge in [0.25, 0.3) is 0 Å². The number of likely N-dealkylation sites (N-methyl/N-ethyl adjacent to an activating group) is 1. The van der Waals surface area contributed by atoms with Crippen LogP contribution in [0, 0.1) is 12.3 Å². The third-order valence-electron chi connectivity index (χ3n) is 1.80. The molecule has 0 rings (SSSR count). The first-order valence-electron chi connectivity index (χ1n) is 4.12. The Morgan fingerprint density at radius 2 is 2.21 bits per heavy atom. The van der Waals surface area contributed by atoms with Gasteiger partial charge in [-0.1, -0.05) is 5.92 Å². The van der Waals surface area contributed by atoms with Crippen LogP contribution in [0.1, 0.15) is 6.92 Å². The van der Waals surface area contributed by atoms with Gasteiger partial charge in [-0.15, -0.1) is 6.42 Å². The molecule has 1 amide bonds. The number of terminal acetylenes is 1. The maximum Gasteiger partial charge on any atom is 0.320 e. The van der Waals surface area contributed by atoms with Crippen molar-refractivity contribution in [3.8, 4) is 12.3 Å². The van der Waals surface area contributed by atoms with Gasteiger partial charge in [0.1, 0.15) is 6.04 Å². The molecule has 0 fully saturated rings. The van der Waals surface area contributed by atoms with E-state index in [4.69, 9.17) is 11.5 Å². The SMILES string of the molecule is C#CCNC(=O)CN(C)C(C)C(=O)O. The third kappa shape index (κ3) is 4.48. The molecule has 78 valence electrons. The second kappa shape index (κ2) is 6.00. The summed E-state index contributed by atoms with van der Waals surface area (Å²) < 4.78 is 0. The fourth-order valence-electron chi connectivity index (χ4n) is 0.757. The predicted molar refractivity (Wildman–Crippen MR) is 51.6 cm³/mol. The molecule has 14 heavy (non-hydrogen) atoms. The molecule has 0 heterocycles. The van der Waals surface area contributed by atoms with Crippen molar-refractivity contribution in [2.75, 3.05) is 20.1 Å². The molecule has 0 aliphatic heterocycles. The average Bonchev–Trinajstić information content (AvgIpc) is 2.13. The summed E-state index contributed by atoms with van der Waals surface area (Å²) in [5.41, 5.74) is 0. The van der Waals surface area contributed by atoms with Crippen molar-refractivity contribution in [1.29, 1.82) is 0 Å². The number of carboxylic acids is 1. The van der Waals surface area contributed by atoms with E-state index >= 15 is 0 Å². The van der Waals surface area contributed by atoms with Crippen LogP contribution in [0.5, 0.6) is 0 Å². The smallest absolute Gasteiger partial charge is 0.320 e. The van der Waals surface area contributed by atoms with Crippen LogP contribution in [0.15, 0.2) is 0 Å². The highest BCUT2D eigenvalue weighted by molar-refractivity contribution is 5.79. The van der Waals surface area contributed by atoms with Crippen molar-refractivity contribution in [3.63, 3.8) is 0 Å². The van der Waals surface area contributed by atoms with Gasteiger partial charge >= 0.3 is 5.97 Å². The summed E-state index contributed by atoms with van der Waals surface area (Å²) in [5, 5.41) is 11.1. The molecule has 2 N–H and O–H groups in total. The summed E-state index contributed by atoms with van der Waals surface area (Å²) in [6.07, 6.45) is 4.94. The number of rotatable bonds is 5. The minimum Gasteiger partial charge on any atom is -0.480 e. The molecule has 0 spiro atoms. The van der Waals surface area contributed by atoms with Gasteiger partial charge < -0.3 is 10.4 Å². The molecule has 0 aliphatic rings. The Hall–Kier alpha value is -1.54. The predicted octanol–water partition coefficient (Wildman–Crippen LogP) is -0.859. The maximum absolute atomic E-state index is 11.1. The zero-order valence-corrected chi connectivity index (χ0v) is 8.28. The van der Waals surface area contributed by atoms with Crippen LogP contribution in [-0.4, -0.2) is 48.1 Å². The van der Waals surface area contributed by atoms with Gasteiger partial charge in [0.05, 0.1) is 13.1 Å². The molecule has 5 heteroatoms. The number of hydrogen-bond acceptors (Lipinski definition) is 3. The normalized spacial score (nSPS) is 11.9. The molecule has 0 saturated heterocycles. The summed E-state index contributed by atoms with van der Waals surface area (Å²) in [4.78, 5) is 23.1. The van der Waals surface area contributed by atoms with Crippen molar-refractivity contribution < 1.29 is 14.7 Å². The molecule has 0 radical (unpaired) electrons. The summed E-state index contributed by atoms with van der Waals surface area (Å²) in [5.74, 6) is 1.02. The largest absolute Gasteiger partial charge is 0.480 e. The van der Waals surface area contributed by atoms with Crippen LogP contribution in [0.3, 0.4) is 0 Å². The lowest BCUT2D eigenvalue weighted by Gasteiger charge is -2.19. The lowest BCUT2D eigenvalue weighted by molar-refractivity contribution is -0.142. The number of aliphatic carboxylic acids is 1. The molecule has 0 aliphatic carbocycles. The molecule has 0 saturated carbocycles. The van der Waals surface area contributed by atoms with E-state index in [2.05, 4.69) is 11.2 Å². The van der Waals surface area contributed by atoms with Crippen LogP contribution in [-0.2, 0) is 9.59 Å². The Kier molecular flexibility index (Phi) is 5.34. The Morgan fingerprint density at radius 3 is 2.64 bits per heavy atom. The molecule has 0 aromatic rings. The first kappa shape index (κ1) is 12.5. The number of carbonyl (C=O) groups is 2. The lowest BCUT2D eigenvalue weighted by atomic mass is 10.3. The van der Waals surface area contributed by atoms with E-state index in [1.165, 1.54) is 11.8 Å². The van der Waals surface area contributed by atoms with Crippen LogP contribution in [0.4, 0.5) is 0 Å². The van der Waals surface area contributed by atoms with Crippen molar-refractivity contribution in [1.82, 2.24) is 10.2 Å². The van der Waals surface area contributed by atoms with Crippen LogP contribution in [0.2, 0.25) is 0 Å². The van der Waals surface area contributed by atoms with Crippen LogP contribution >= 0.6 is 0 Å². The first-order valence-corrected chi connectivity index (χ1v) is 4.12. The summed E-state index contributed by atoms with van der Waals surface area (Å²) in [6, 6.07) is -0.688. The second-order valence-electron chi connectivity index (χ2n) is 2.91. The molecular formula is C9H14N2O3. The summed E-state index contributed by atoms with van der Waals surface area (Å²) in [6.45, 7) is 1.69. The van der Waals surface area contributed by atoms with Crippen molar-refractivity contribution in [3.05, 3.63) is 0 Å². The quantitative estimate of drug-likeness (QED) is 0.564. The topological polar surface area (TPSA) is 69.6 Å². The van der Waals surface area contributed by atoms with Gasteiger partial charge in [-0.25, -0.2) is 0 Å². The number of nitrogens with one attached hydrogen (secondary N) is 1. The van der Waals surface area contributed by atoms with Crippen molar-refractivity contribution in [2.24, 2.45) is 0 Å². The molecule has 1 atom stereocenters. The Labute approximate surface area is 83.1 Å². The van der Waals surface area contributed by atoms with Gasteiger partial charge in [0.2, 0.25) is 5.91 Å². The van der Waals surface area contributed by atoms with E-state index in [1.807, 2.05) is 0 Å². The van der Waals surface area contributed by atoms with Gasteiger partial charge in [-0.2, -0.15) is 0 Å². The molecule has 1 unspecified atom stereocenters. The summed E-state index contributed by atoms with van der Waals surface area (Å²) in [7, 11) is 1.56. The molecule has 5 nitrogen and oxygen atoms in total. The van der Waals surface area contributed by atoms with Gasteiger partial charge in [-0.05, 0) is 14.0 Å². The number of nitrogens with zero attached hydrogens (tertiary/aromatic N) is 1. The highest BCUT2D eigenvalue weighted by atomic mass is 16.4. The number of carbonyl (C=O) groups excluding carboxylic acids is 1. The van der Waals surface area contributed by atoms with E-state index in [1.54, 1.807) is 7.05 Å². The first-order chi connectivity index (χ1) is 6.49. The molecule has 0 aromatic heterocycles. The van der Waals surface area contributed by atoms with Crippen molar-refractivity contribution >= 4 is 11.9 Å². The Balaban J connectivity index is 3.94. The molecule has 0 bridgehead atoms. The Bertz CT molecular complexity index is 257. The van der Waals surface area contributed by atoms with Gasteiger partial charge in [-0.3, -0.25) is 14.5 Å². The van der Waals surface area contributed by atoms with E-state index < -0.39 is 12.0 Å². The fraction of sp³-hybridized carbons (Fsp3) is 0.556. The van der Waals surface area contributed by atoms with Gasteiger partial charge in [0.15, 0.2) is 0 Å². The van der Waals surface area contributed by atoms with E-state index in [0.717, 1.165) is 0 Å². The highest BCUT2D eigenvalue weighted by Gasteiger charge is 2.18. The van der Waals surface area contributed by atoms with Gasteiger partial charge in [0, 0.05) is 0 Å². The highest BCUT2D eigenvalue weighted by Crippen LogP contribution is 1.94. The number of carboxylic acid groups (broad SMARTS) is 1. The third-order valence-corrected chi connectivity index (χ3v) is 1.80. The molecule has 0 aromatic carbocycles. The van der Waals surface area contributed by atoms with E-state index in [0.29, 0.717) is 0 Å².